The number of nitrogens with one attached hydrogen (secondary N) is 1. The zero-order chi connectivity index (χ0) is 23.6. The molecule has 0 aliphatic rings. The Morgan fingerprint density at radius 2 is 1.48 bits per heavy atom. The maximum absolute atomic E-state index is 12.4. The quantitative estimate of drug-likeness (QED) is 0.448. The summed E-state index contributed by atoms with van der Waals surface area (Å²) in [6, 6.07) is 23.6. The minimum absolute atomic E-state index is 0.0770. The second-order valence-corrected chi connectivity index (χ2v) is 7.85. The number of hydrogen-bond donors (Lipinski definition) is 2. The van der Waals surface area contributed by atoms with Crippen LogP contribution in [0.1, 0.15) is 16.8 Å². The molecule has 0 aliphatic carbocycles. The molecule has 0 saturated heterocycles. The first kappa shape index (κ1) is 23.8. The third kappa shape index (κ3) is 7.66. The second kappa shape index (κ2) is 11.7. The van der Waals surface area contributed by atoms with Gasteiger partial charge in [-0.05, 0) is 74.1 Å². The minimum Gasteiger partial charge on any atom is -0.478 e. The Morgan fingerprint density at radius 3 is 2.12 bits per heavy atom. The SMILES string of the molecule is CN(CCCN(C)c1ccc(C(=O)O)cc1)CC(=O)Nc1ccc(Oc2ccccc2)cc1. The molecule has 1 amide bonds. The van der Waals surface area contributed by atoms with E-state index < -0.39 is 5.97 Å². The number of nitrogens with zero attached hydrogens (tertiary/aromatic N) is 2. The van der Waals surface area contributed by atoms with Crippen molar-refractivity contribution in [1.82, 2.24) is 4.90 Å². The van der Waals surface area contributed by atoms with Crippen molar-refractivity contribution in [3.05, 3.63) is 84.4 Å². The number of carbonyl (C=O) groups excluding carboxylic acids is 1. The van der Waals surface area contributed by atoms with Gasteiger partial charge in [0.05, 0.1) is 12.1 Å². The van der Waals surface area contributed by atoms with E-state index in [-0.39, 0.29) is 11.5 Å². The number of anilines is 2. The van der Waals surface area contributed by atoms with E-state index in [1.807, 2.05) is 73.6 Å². The van der Waals surface area contributed by atoms with E-state index in [9.17, 15) is 9.59 Å². The number of amides is 1. The van der Waals surface area contributed by atoms with Gasteiger partial charge in [-0.25, -0.2) is 4.79 Å². The van der Waals surface area contributed by atoms with Crippen LogP contribution >= 0.6 is 0 Å². The highest BCUT2D eigenvalue weighted by molar-refractivity contribution is 5.92. The van der Waals surface area contributed by atoms with Crippen molar-refractivity contribution in [2.45, 2.75) is 6.42 Å². The number of carbonyl (C=O) groups is 2. The van der Waals surface area contributed by atoms with E-state index in [0.29, 0.717) is 12.3 Å². The van der Waals surface area contributed by atoms with Crippen molar-refractivity contribution < 1.29 is 19.4 Å². The Bertz CT molecular complexity index is 1040. The number of carboxylic acid groups (broad SMARTS) is 1. The molecular weight excluding hydrogens is 418 g/mol. The molecule has 0 saturated carbocycles. The molecule has 0 bridgehead atoms. The topological polar surface area (TPSA) is 82.1 Å². The first-order valence-electron chi connectivity index (χ1n) is 10.8. The molecule has 0 aliphatic heterocycles. The highest BCUT2D eigenvalue weighted by Crippen LogP contribution is 2.22. The molecular formula is C26H29N3O4. The number of para-hydroxylation sites is 1. The van der Waals surface area contributed by atoms with Gasteiger partial charge in [0.1, 0.15) is 11.5 Å². The van der Waals surface area contributed by atoms with Crippen LogP contribution in [0.5, 0.6) is 11.5 Å². The van der Waals surface area contributed by atoms with Gasteiger partial charge in [-0.15, -0.1) is 0 Å². The van der Waals surface area contributed by atoms with Crippen LogP contribution in [0, 0.1) is 0 Å². The fourth-order valence-electron chi connectivity index (χ4n) is 3.32. The number of carboxylic acids is 1. The number of hydrogen-bond acceptors (Lipinski definition) is 5. The van der Waals surface area contributed by atoms with Gasteiger partial charge in [0.25, 0.3) is 0 Å². The Labute approximate surface area is 194 Å². The molecule has 3 aromatic carbocycles. The second-order valence-electron chi connectivity index (χ2n) is 7.85. The number of ether oxygens (including phenoxy) is 1. The van der Waals surface area contributed by atoms with Crippen LogP contribution < -0.4 is 15.0 Å². The molecule has 0 heterocycles. The van der Waals surface area contributed by atoms with Gasteiger partial charge in [0.2, 0.25) is 5.91 Å². The van der Waals surface area contributed by atoms with Crippen LogP contribution in [0.15, 0.2) is 78.9 Å². The molecule has 7 heteroatoms. The van der Waals surface area contributed by atoms with E-state index in [1.165, 1.54) is 0 Å². The summed E-state index contributed by atoms with van der Waals surface area (Å²) in [5, 5.41) is 11.9. The summed E-state index contributed by atoms with van der Waals surface area (Å²) >= 11 is 0. The largest absolute Gasteiger partial charge is 0.478 e. The predicted molar refractivity (Wildman–Crippen MR) is 130 cm³/mol. The highest BCUT2D eigenvalue weighted by Gasteiger charge is 2.09. The smallest absolute Gasteiger partial charge is 0.335 e. The summed E-state index contributed by atoms with van der Waals surface area (Å²) in [6.45, 7) is 1.84. The number of benzene rings is 3. The summed E-state index contributed by atoms with van der Waals surface area (Å²) < 4.78 is 5.76. The van der Waals surface area contributed by atoms with Gasteiger partial charge in [-0.1, -0.05) is 18.2 Å². The van der Waals surface area contributed by atoms with E-state index >= 15 is 0 Å². The lowest BCUT2D eigenvalue weighted by molar-refractivity contribution is -0.117. The monoisotopic (exact) mass is 447 g/mol. The van der Waals surface area contributed by atoms with E-state index in [2.05, 4.69) is 10.2 Å². The summed E-state index contributed by atoms with van der Waals surface area (Å²) in [6.07, 6.45) is 0.868. The zero-order valence-corrected chi connectivity index (χ0v) is 18.9. The number of likely N-dealkylation sites (N-methyl/N-ethyl adjacent to an activating group) is 1. The molecule has 3 aromatic rings. The minimum atomic E-state index is -0.930. The van der Waals surface area contributed by atoms with Crippen LogP contribution in [0.2, 0.25) is 0 Å². The molecule has 0 unspecified atom stereocenters. The molecule has 7 nitrogen and oxygen atoms in total. The average molecular weight is 448 g/mol. The maximum atomic E-state index is 12.4. The van der Waals surface area contributed by atoms with Crippen LogP contribution in [-0.2, 0) is 4.79 Å². The normalized spacial score (nSPS) is 10.6. The van der Waals surface area contributed by atoms with Crippen molar-refractivity contribution in [1.29, 1.82) is 0 Å². The zero-order valence-electron chi connectivity index (χ0n) is 18.9. The molecule has 0 aromatic heterocycles. The predicted octanol–water partition coefficient (Wildman–Crippen LogP) is 4.57. The van der Waals surface area contributed by atoms with Gasteiger partial charge in [0, 0.05) is 31.5 Å². The fourth-order valence-corrected chi connectivity index (χ4v) is 3.32. The Hall–Kier alpha value is -3.84. The van der Waals surface area contributed by atoms with Crippen LogP contribution in [0.3, 0.4) is 0 Å². The van der Waals surface area contributed by atoms with Crippen molar-refractivity contribution in [2.75, 3.05) is 43.9 Å². The molecule has 0 spiro atoms. The van der Waals surface area contributed by atoms with E-state index in [0.717, 1.165) is 36.6 Å². The lowest BCUT2D eigenvalue weighted by atomic mass is 10.2. The van der Waals surface area contributed by atoms with Gasteiger partial charge in [-0.3, -0.25) is 9.69 Å². The lowest BCUT2D eigenvalue weighted by Gasteiger charge is -2.22. The Kier molecular flexibility index (Phi) is 8.43. The molecule has 0 atom stereocenters. The molecule has 0 radical (unpaired) electrons. The van der Waals surface area contributed by atoms with E-state index in [1.54, 1.807) is 24.3 Å². The maximum Gasteiger partial charge on any atom is 0.335 e. The molecule has 172 valence electrons. The third-order valence-corrected chi connectivity index (χ3v) is 5.12. The Balaban J connectivity index is 1.38. The van der Waals surface area contributed by atoms with Crippen LogP contribution in [0.25, 0.3) is 0 Å². The van der Waals surface area contributed by atoms with Crippen molar-refractivity contribution >= 4 is 23.3 Å². The van der Waals surface area contributed by atoms with Crippen LogP contribution in [-0.4, -0.2) is 55.6 Å². The molecule has 3 rings (SSSR count). The van der Waals surface area contributed by atoms with Crippen molar-refractivity contribution in [2.24, 2.45) is 0 Å². The lowest BCUT2D eigenvalue weighted by Crippen LogP contribution is -2.32. The fraction of sp³-hybridized carbons (Fsp3) is 0.231. The third-order valence-electron chi connectivity index (χ3n) is 5.12. The standard InChI is InChI=1S/C26H29N3O4/c1-28(17-6-18-29(2)22-13-9-20(10-14-22)26(31)32)19-25(30)27-21-11-15-24(16-12-21)33-23-7-4-3-5-8-23/h3-5,7-16H,6,17-19H2,1-2H3,(H,27,30)(H,31,32). The molecule has 0 fully saturated rings. The van der Waals surface area contributed by atoms with Gasteiger partial charge >= 0.3 is 5.97 Å². The average Bonchev–Trinajstić information content (AvgIpc) is 2.81. The molecule has 2 N–H and O–H groups in total. The van der Waals surface area contributed by atoms with Crippen molar-refractivity contribution in [3.63, 3.8) is 0 Å². The summed E-state index contributed by atoms with van der Waals surface area (Å²) in [5.41, 5.74) is 1.95. The van der Waals surface area contributed by atoms with Gasteiger partial charge in [-0.2, -0.15) is 0 Å². The number of rotatable bonds is 11. The molecule has 33 heavy (non-hydrogen) atoms. The van der Waals surface area contributed by atoms with Gasteiger partial charge in [0.15, 0.2) is 0 Å². The van der Waals surface area contributed by atoms with Gasteiger partial charge < -0.3 is 20.1 Å². The van der Waals surface area contributed by atoms with Crippen molar-refractivity contribution in [3.8, 4) is 11.5 Å². The first-order chi connectivity index (χ1) is 15.9. The highest BCUT2D eigenvalue weighted by atomic mass is 16.5. The summed E-state index contributed by atoms with van der Waals surface area (Å²) in [7, 11) is 3.88. The number of aromatic carboxylic acids is 1. The Morgan fingerprint density at radius 1 is 0.848 bits per heavy atom. The summed E-state index contributed by atoms with van der Waals surface area (Å²) in [4.78, 5) is 27.4. The summed E-state index contributed by atoms with van der Waals surface area (Å²) in [5.74, 6) is 0.462. The van der Waals surface area contributed by atoms with E-state index in [4.69, 9.17) is 9.84 Å². The van der Waals surface area contributed by atoms with Crippen LogP contribution in [0.4, 0.5) is 11.4 Å². The first-order valence-corrected chi connectivity index (χ1v) is 10.8.